The van der Waals surface area contributed by atoms with Gasteiger partial charge in [0.05, 0.1) is 0 Å². The Morgan fingerprint density at radius 1 is 1.31 bits per heavy atom. The molecule has 0 saturated heterocycles. The molecule has 0 saturated carbocycles. The summed E-state index contributed by atoms with van der Waals surface area (Å²) in [5, 5.41) is 10.7. The maximum Gasteiger partial charge on any atom is 0.0479 e. The molecular formula is C10H9ClOS. The number of halogens is 1. The highest BCUT2D eigenvalue weighted by Crippen LogP contribution is 2.28. The Hall–Kier alpha value is -0.570. The van der Waals surface area contributed by atoms with Crippen LogP contribution in [-0.2, 0) is 6.42 Å². The number of hydrogen-bond acceptors (Lipinski definition) is 2. The van der Waals surface area contributed by atoms with Crippen LogP contribution in [0.4, 0.5) is 0 Å². The van der Waals surface area contributed by atoms with Crippen molar-refractivity contribution >= 4 is 33.0 Å². The predicted molar refractivity (Wildman–Crippen MR) is 57.6 cm³/mol. The SMILES string of the molecule is OCCc1cc2cc(Cl)ccc2s1. The number of hydrogen-bond donors (Lipinski definition) is 1. The molecule has 1 aromatic carbocycles. The van der Waals surface area contributed by atoms with Gasteiger partial charge in [0.25, 0.3) is 0 Å². The summed E-state index contributed by atoms with van der Waals surface area (Å²) in [7, 11) is 0. The van der Waals surface area contributed by atoms with Gasteiger partial charge in [0, 0.05) is 27.6 Å². The molecular weight excluding hydrogens is 204 g/mol. The Balaban J connectivity index is 2.49. The molecule has 0 bridgehead atoms. The van der Waals surface area contributed by atoms with Crippen LogP contribution in [0.25, 0.3) is 10.1 Å². The number of fused-ring (bicyclic) bond motifs is 1. The standard InChI is InChI=1S/C10H9ClOS/c11-8-1-2-10-7(5-8)6-9(13-10)3-4-12/h1-2,5-6,12H,3-4H2. The summed E-state index contributed by atoms with van der Waals surface area (Å²) < 4.78 is 1.23. The van der Waals surface area contributed by atoms with Crippen LogP contribution in [-0.4, -0.2) is 11.7 Å². The molecule has 0 radical (unpaired) electrons. The van der Waals surface area contributed by atoms with Gasteiger partial charge in [-0.1, -0.05) is 11.6 Å². The molecule has 0 unspecified atom stereocenters. The van der Waals surface area contributed by atoms with Crippen LogP contribution in [0.15, 0.2) is 24.3 Å². The number of thiophene rings is 1. The minimum Gasteiger partial charge on any atom is -0.396 e. The monoisotopic (exact) mass is 212 g/mol. The van der Waals surface area contributed by atoms with Crippen molar-refractivity contribution in [2.75, 3.05) is 6.61 Å². The molecule has 2 aromatic rings. The molecule has 0 fully saturated rings. The first-order valence-corrected chi connectivity index (χ1v) is 5.28. The van der Waals surface area contributed by atoms with Gasteiger partial charge in [-0.15, -0.1) is 11.3 Å². The lowest BCUT2D eigenvalue weighted by atomic mass is 10.2. The van der Waals surface area contributed by atoms with Crippen molar-refractivity contribution in [1.82, 2.24) is 0 Å². The van der Waals surface area contributed by atoms with Crippen molar-refractivity contribution in [2.45, 2.75) is 6.42 Å². The van der Waals surface area contributed by atoms with Crippen molar-refractivity contribution < 1.29 is 5.11 Å². The lowest BCUT2D eigenvalue weighted by Gasteiger charge is -1.88. The van der Waals surface area contributed by atoms with Gasteiger partial charge in [-0.2, -0.15) is 0 Å². The summed E-state index contributed by atoms with van der Waals surface area (Å²) in [6, 6.07) is 7.95. The summed E-state index contributed by atoms with van der Waals surface area (Å²) in [6.07, 6.45) is 0.733. The van der Waals surface area contributed by atoms with Crippen LogP contribution in [0.5, 0.6) is 0 Å². The molecule has 0 spiro atoms. The quantitative estimate of drug-likeness (QED) is 0.811. The Kier molecular flexibility index (Phi) is 2.54. The van der Waals surface area contributed by atoms with E-state index >= 15 is 0 Å². The molecule has 13 heavy (non-hydrogen) atoms. The third-order valence-corrected chi connectivity index (χ3v) is 3.30. The van der Waals surface area contributed by atoms with Crippen molar-refractivity contribution in [2.24, 2.45) is 0 Å². The van der Waals surface area contributed by atoms with E-state index in [1.165, 1.54) is 15.0 Å². The second kappa shape index (κ2) is 3.66. The zero-order valence-electron chi connectivity index (χ0n) is 6.96. The zero-order chi connectivity index (χ0) is 9.26. The molecule has 0 aliphatic heterocycles. The topological polar surface area (TPSA) is 20.2 Å². The Morgan fingerprint density at radius 3 is 2.92 bits per heavy atom. The van der Waals surface area contributed by atoms with E-state index in [-0.39, 0.29) is 6.61 Å². The summed E-state index contributed by atoms with van der Waals surface area (Å²) in [5.41, 5.74) is 0. The molecule has 1 heterocycles. The summed E-state index contributed by atoms with van der Waals surface area (Å²) in [4.78, 5) is 1.21. The maximum absolute atomic E-state index is 8.78. The van der Waals surface area contributed by atoms with Gasteiger partial charge in [-0.25, -0.2) is 0 Å². The lowest BCUT2D eigenvalue weighted by Crippen LogP contribution is -1.84. The second-order valence-electron chi connectivity index (χ2n) is 2.87. The molecule has 3 heteroatoms. The molecule has 0 aliphatic carbocycles. The minimum absolute atomic E-state index is 0.209. The molecule has 1 N–H and O–H groups in total. The number of rotatable bonds is 2. The summed E-state index contributed by atoms with van der Waals surface area (Å²) in [5.74, 6) is 0. The van der Waals surface area contributed by atoms with Gasteiger partial charge in [-0.05, 0) is 29.7 Å². The molecule has 1 nitrogen and oxygen atoms in total. The normalized spacial score (nSPS) is 10.9. The molecule has 68 valence electrons. The van der Waals surface area contributed by atoms with Gasteiger partial charge >= 0.3 is 0 Å². The van der Waals surface area contributed by atoms with Crippen LogP contribution < -0.4 is 0 Å². The van der Waals surface area contributed by atoms with E-state index in [9.17, 15) is 0 Å². The van der Waals surface area contributed by atoms with Crippen LogP contribution in [0, 0.1) is 0 Å². The van der Waals surface area contributed by atoms with Crippen LogP contribution in [0.1, 0.15) is 4.88 Å². The number of aliphatic hydroxyl groups is 1. The van der Waals surface area contributed by atoms with Gasteiger partial charge in [0.15, 0.2) is 0 Å². The van der Waals surface area contributed by atoms with E-state index in [2.05, 4.69) is 6.07 Å². The largest absolute Gasteiger partial charge is 0.396 e. The van der Waals surface area contributed by atoms with Crippen molar-refractivity contribution in [3.05, 3.63) is 34.2 Å². The average Bonchev–Trinajstić information content (AvgIpc) is 2.46. The van der Waals surface area contributed by atoms with E-state index in [1.54, 1.807) is 11.3 Å². The molecule has 0 atom stereocenters. The first kappa shape index (κ1) is 9.00. The third-order valence-electron chi connectivity index (χ3n) is 1.89. The number of benzene rings is 1. The van der Waals surface area contributed by atoms with E-state index in [0.29, 0.717) is 0 Å². The van der Waals surface area contributed by atoms with Crippen LogP contribution in [0.3, 0.4) is 0 Å². The summed E-state index contributed by atoms with van der Waals surface area (Å²) in [6.45, 7) is 0.209. The highest BCUT2D eigenvalue weighted by atomic mass is 35.5. The summed E-state index contributed by atoms with van der Waals surface area (Å²) >= 11 is 7.57. The molecule has 0 aliphatic rings. The van der Waals surface area contributed by atoms with Crippen LogP contribution >= 0.6 is 22.9 Å². The Morgan fingerprint density at radius 2 is 2.15 bits per heavy atom. The fourth-order valence-electron chi connectivity index (χ4n) is 1.30. The van der Waals surface area contributed by atoms with Crippen molar-refractivity contribution in [3.63, 3.8) is 0 Å². The Labute approximate surface area is 85.6 Å². The second-order valence-corrected chi connectivity index (χ2v) is 4.47. The van der Waals surface area contributed by atoms with E-state index in [0.717, 1.165) is 11.4 Å². The molecule has 0 amide bonds. The minimum atomic E-state index is 0.209. The van der Waals surface area contributed by atoms with Gasteiger partial charge in [0.1, 0.15) is 0 Å². The molecule has 1 aromatic heterocycles. The third kappa shape index (κ3) is 1.85. The first-order valence-electron chi connectivity index (χ1n) is 4.08. The van der Waals surface area contributed by atoms with Crippen LogP contribution in [0.2, 0.25) is 5.02 Å². The van der Waals surface area contributed by atoms with Gasteiger partial charge in [0.2, 0.25) is 0 Å². The fraction of sp³-hybridized carbons (Fsp3) is 0.200. The van der Waals surface area contributed by atoms with Crippen molar-refractivity contribution in [1.29, 1.82) is 0 Å². The highest BCUT2D eigenvalue weighted by Gasteiger charge is 2.01. The highest BCUT2D eigenvalue weighted by molar-refractivity contribution is 7.19. The lowest BCUT2D eigenvalue weighted by molar-refractivity contribution is 0.300. The molecule has 2 rings (SSSR count). The van der Waals surface area contributed by atoms with Crippen molar-refractivity contribution in [3.8, 4) is 0 Å². The van der Waals surface area contributed by atoms with E-state index in [1.807, 2.05) is 18.2 Å². The van der Waals surface area contributed by atoms with E-state index in [4.69, 9.17) is 16.7 Å². The fourth-order valence-corrected chi connectivity index (χ4v) is 2.52. The zero-order valence-corrected chi connectivity index (χ0v) is 8.53. The van der Waals surface area contributed by atoms with Gasteiger partial charge < -0.3 is 5.11 Å². The number of aliphatic hydroxyl groups excluding tert-OH is 1. The smallest absolute Gasteiger partial charge is 0.0479 e. The first-order chi connectivity index (χ1) is 6.29. The maximum atomic E-state index is 8.78. The predicted octanol–water partition coefficient (Wildman–Crippen LogP) is 3.09. The van der Waals surface area contributed by atoms with Gasteiger partial charge in [-0.3, -0.25) is 0 Å². The Bertz CT molecular complexity index is 422. The average molecular weight is 213 g/mol. The van der Waals surface area contributed by atoms with E-state index < -0.39 is 0 Å².